The molecule has 3 atom stereocenters. The highest BCUT2D eigenvalue weighted by Gasteiger charge is 2.13. The Hall–Kier alpha value is -2.77. The van der Waals surface area contributed by atoms with Crippen molar-refractivity contribution < 1.29 is 19.4 Å². The van der Waals surface area contributed by atoms with Crippen LogP contribution in [0.15, 0.2) is 76.5 Å². The number of halogens is 1. The molecule has 0 aliphatic heterocycles. The smallest absolute Gasteiger partial charge is 0.405 e. The van der Waals surface area contributed by atoms with Gasteiger partial charge in [0.25, 0.3) is 0 Å². The van der Waals surface area contributed by atoms with Crippen LogP contribution in [0.2, 0.25) is 0 Å². The van der Waals surface area contributed by atoms with E-state index in [2.05, 4.69) is 5.18 Å². The van der Waals surface area contributed by atoms with E-state index in [4.69, 9.17) is 22.1 Å². The van der Waals surface area contributed by atoms with Crippen molar-refractivity contribution in [1.82, 2.24) is 0 Å². The fraction of sp³-hybridized carbons (Fsp3) is 0.462. The van der Waals surface area contributed by atoms with Crippen LogP contribution in [0.1, 0.15) is 59.3 Å². The molecule has 0 bridgehead atoms. The number of nitrogens with two attached hydrogens (primary N) is 1. The Labute approximate surface area is 207 Å². The minimum atomic E-state index is -0.823. The highest BCUT2D eigenvalue weighted by atomic mass is 35.5. The number of hydrogen-bond donors (Lipinski definition) is 2. The van der Waals surface area contributed by atoms with Gasteiger partial charge in [-0.3, -0.25) is 4.79 Å². The maximum atomic E-state index is 11.0. The van der Waals surface area contributed by atoms with Crippen LogP contribution in [0.3, 0.4) is 0 Å². The summed E-state index contributed by atoms with van der Waals surface area (Å²) in [6, 6.07) is 0. The molecule has 0 heterocycles. The van der Waals surface area contributed by atoms with Gasteiger partial charge in [-0.05, 0) is 63.5 Å². The van der Waals surface area contributed by atoms with Crippen molar-refractivity contribution in [3.05, 3.63) is 76.3 Å². The second-order valence-electron chi connectivity index (χ2n) is 7.87. The van der Waals surface area contributed by atoms with Gasteiger partial charge in [0.15, 0.2) is 0 Å². The van der Waals surface area contributed by atoms with E-state index in [0.717, 1.165) is 24.5 Å². The van der Waals surface area contributed by atoms with Gasteiger partial charge in [0, 0.05) is 16.3 Å². The molecule has 2 amide bonds. The lowest BCUT2D eigenvalue weighted by molar-refractivity contribution is -0.113. The molecule has 8 heteroatoms. The van der Waals surface area contributed by atoms with Crippen molar-refractivity contribution in [3.63, 3.8) is 0 Å². The summed E-state index contributed by atoms with van der Waals surface area (Å²) in [7, 11) is 0. The predicted octanol–water partition coefficient (Wildman–Crippen LogP) is 6.39. The Morgan fingerprint density at radius 1 is 1.06 bits per heavy atom. The molecule has 7 nitrogen and oxygen atoms in total. The number of ether oxygens (including phenoxy) is 1. The fourth-order valence-electron chi connectivity index (χ4n) is 2.86. The van der Waals surface area contributed by atoms with Gasteiger partial charge < -0.3 is 15.6 Å². The second-order valence-corrected chi connectivity index (χ2v) is 8.31. The van der Waals surface area contributed by atoms with E-state index in [1.165, 1.54) is 6.08 Å². The summed E-state index contributed by atoms with van der Waals surface area (Å²) in [4.78, 5) is 31.7. The first-order chi connectivity index (χ1) is 16.2. The van der Waals surface area contributed by atoms with Crippen molar-refractivity contribution in [2.75, 3.05) is 0 Å². The molecule has 3 N–H and O–H groups in total. The van der Waals surface area contributed by atoms with Crippen LogP contribution in [0, 0.1) is 10.8 Å². The van der Waals surface area contributed by atoms with Crippen LogP contribution in [-0.4, -0.2) is 29.3 Å². The van der Waals surface area contributed by atoms with Crippen LogP contribution in [0.4, 0.5) is 4.79 Å². The van der Waals surface area contributed by atoms with Gasteiger partial charge in [0.1, 0.15) is 6.10 Å². The molecule has 34 heavy (non-hydrogen) atoms. The lowest BCUT2D eigenvalue weighted by Gasteiger charge is -2.16. The number of nitroso groups, excluding NO2 is 1. The van der Waals surface area contributed by atoms with E-state index in [1.54, 1.807) is 12.2 Å². The standard InChI is InChI=1S/C26H37ClN2O5/c1-4-5-14-23(34-26(28)32)15-10-13-22(30)19-18-21(3)24(27)16-8-6-11-20(2)12-7-9-17-25(31)29-33/h5-9,11-12,14,16-17,21-23,30H,4,10,13,15,18-19H2,1-3H3,(H2,28,32)/b8-6+,12-7+,14-5+,17-9+,20-11+,24-16-/t21-,22?,23+/m0/s1. The molecule has 1 unspecified atom stereocenters. The maximum Gasteiger partial charge on any atom is 0.405 e. The van der Waals surface area contributed by atoms with E-state index < -0.39 is 18.1 Å². The van der Waals surface area contributed by atoms with E-state index in [1.807, 2.05) is 57.2 Å². The molecule has 0 aromatic carbocycles. The number of allylic oxidation sites excluding steroid dienone is 10. The number of primary amides is 1. The molecule has 188 valence electrons. The van der Waals surface area contributed by atoms with Crippen LogP contribution in [0.5, 0.6) is 0 Å². The van der Waals surface area contributed by atoms with Crippen LogP contribution < -0.4 is 5.73 Å². The zero-order chi connectivity index (χ0) is 25.8. The molecule has 0 radical (unpaired) electrons. The first-order valence-electron chi connectivity index (χ1n) is 11.4. The van der Waals surface area contributed by atoms with Crippen LogP contribution >= 0.6 is 11.6 Å². The number of hydrogen-bond acceptors (Lipinski definition) is 5. The average molecular weight is 493 g/mol. The van der Waals surface area contributed by atoms with Gasteiger partial charge in [-0.1, -0.05) is 73.6 Å². The monoisotopic (exact) mass is 492 g/mol. The average Bonchev–Trinajstić information content (AvgIpc) is 2.80. The maximum absolute atomic E-state index is 11.0. The Morgan fingerprint density at radius 2 is 1.74 bits per heavy atom. The third-order valence-electron chi connectivity index (χ3n) is 4.81. The van der Waals surface area contributed by atoms with Crippen molar-refractivity contribution in [2.45, 2.75) is 71.5 Å². The largest absolute Gasteiger partial charge is 0.442 e. The second kappa shape index (κ2) is 19.7. The first kappa shape index (κ1) is 31.2. The first-order valence-corrected chi connectivity index (χ1v) is 11.8. The summed E-state index contributed by atoms with van der Waals surface area (Å²) in [5.74, 6) is -0.714. The van der Waals surface area contributed by atoms with Gasteiger partial charge in [-0.2, -0.15) is 0 Å². The minimum absolute atomic E-state index is 0.110. The molecular weight excluding hydrogens is 456 g/mol. The molecule has 0 spiro atoms. The predicted molar refractivity (Wildman–Crippen MR) is 138 cm³/mol. The highest BCUT2D eigenvalue weighted by Crippen LogP contribution is 2.22. The van der Waals surface area contributed by atoms with Crippen molar-refractivity contribution in [1.29, 1.82) is 0 Å². The van der Waals surface area contributed by atoms with E-state index >= 15 is 0 Å². The molecule has 0 aliphatic carbocycles. The zero-order valence-corrected chi connectivity index (χ0v) is 21.0. The topological polar surface area (TPSA) is 119 Å². The molecule has 0 aromatic rings. The van der Waals surface area contributed by atoms with Crippen molar-refractivity contribution >= 4 is 23.6 Å². The zero-order valence-electron chi connectivity index (χ0n) is 20.2. The number of carbonyl (C=O) groups is 2. The Kier molecular flexibility index (Phi) is 18.1. The van der Waals surface area contributed by atoms with Gasteiger partial charge in [-0.25, -0.2) is 4.79 Å². The minimum Gasteiger partial charge on any atom is -0.442 e. The van der Waals surface area contributed by atoms with Crippen molar-refractivity contribution in [2.24, 2.45) is 16.8 Å². The number of amides is 2. The van der Waals surface area contributed by atoms with Crippen LogP contribution in [-0.2, 0) is 9.53 Å². The number of nitrogens with zero attached hydrogens (tertiary/aromatic N) is 1. The molecule has 0 aliphatic rings. The Morgan fingerprint density at radius 3 is 2.38 bits per heavy atom. The lowest BCUT2D eigenvalue weighted by atomic mass is 9.98. The van der Waals surface area contributed by atoms with Gasteiger partial charge >= 0.3 is 12.0 Å². The normalized spacial score (nSPS) is 15.9. The number of carbonyl (C=O) groups excluding carboxylic acids is 2. The molecule has 0 saturated heterocycles. The summed E-state index contributed by atoms with van der Waals surface area (Å²) in [5, 5.41) is 13.2. The molecule has 0 saturated carbocycles. The van der Waals surface area contributed by atoms with Gasteiger partial charge in [0.05, 0.1) is 6.10 Å². The summed E-state index contributed by atoms with van der Waals surface area (Å²) >= 11 is 6.37. The highest BCUT2D eigenvalue weighted by molar-refractivity contribution is 6.29. The molecular formula is C26H37ClN2O5. The molecule has 0 fully saturated rings. The lowest BCUT2D eigenvalue weighted by Crippen LogP contribution is -2.21. The summed E-state index contributed by atoms with van der Waals surface area (Å²) in [6.07, 6.45) is 19.7. The van der Waals surface area contributed by atoms with Crippen LogP contribution in [0.25, 0.3) is 0 Å². The Bertz CT molecular complexity index is 812. The number of rotatable bonds is 16. The number of aliphatic hydroxyl groups is 1. The van der Waals surface area contributed by atoms with Crippen molar-refractivity contribution in [3.8, 4) is 0 Å². The third-order valence-corrected chi connectivity index (χ3v) is 5.31. The molecule has 0 aromatic heterocycles. The van der Waals surface area contributed by atoms with E-state index in [0.29, 0.717) is 30.7 Å². The van der Waals surface area contributed by atoms with Gasteiger partial charge in [0.2, 0.25) is 0 Å². The summed E-state index contributed by atoms with van der Waals surface area (Å²) < 4.78 is 5.06. The van der Waals surface area contributed by atoms with E-state index in [9.17, 15) is 19.6 Å². The number of aliphatic hydroxyl groups excluding tert-OH is 1. The summed E-state index contributed by atoms with van der Waals surface area (Å²) in [5.41, 5.74) is 6.05. The summed E-state index contributed by atoms with van der Waals surface area (Å²) in [6.45, 7) is 5.90. The van der Waals surface area contributed by atoms with Gasteiger partial charge in [-0.15, -0.1) is 4.91 Å². The molecule has 0 rings (SSSR count). The fourth-order valence-corrected chi connectivity index (χ4v) is 3.04. The third kappa shape index (κ3) is 17.7. The SMILES string of the molecule is CC/C=C/[C@H](CCCC(O)CC[C@H](C)/C(Cl)=C/C=C/C=C(C)/C=C/C=C/C(=O)N=O)OC(N)=O. The quantitative estimate of drug-likeness (QED) is 0.112. The van der Waals surface area contributed by atoms with E-state index in [-0.39, 0.29) is 12.0 Å². The Balaban J connectivity index is 4.42.